The number of carbonyl (C=O) groups is 2. The van der Waals surface area contributed by atoms with Gasteiger partial charge in [-0.1, -0.05) is 35.9 Å². The number of nitrogens with zero attached hydrogens (tertiary/aromatic N) is 1. The molecular weight excluding hydrogens is 350 g/mol. The number of anilines is 2. The van der Waals surface area contributed by atoms with Crippen molar-refractivity contribution < 1.29 is 9.59 Å². The SMILES string of the molecule is C[C@@H](NCC(=O)N1c2ccccc2NC(=O)C[C@@H]1C)c1ccc(Cl)cc1. The second-order valence-electron chi connectivity index (χ2n) is 6.54. The maximum absolute atomic E-state index is 12.9. The van der Waals surface area contributed by atoms with Crippen molar-refractivity contribution in [1.82, 2.24) is 5.32 Å². The molecule has 0 aliphatic carbocycles. The van der Waals surface area contributed by atoms with Gasteiger partial charge in [0.25, 0.3) is 0 Å². The highest BCUT2D eigenvalue weighted by molar-refractivity contribution is 6.30. The molecule has 2 N–H and O–H groups in total. The molecule has 1 heterocycles. The summed E-state index contributed by atoms with van der Waals surface area (Å²) in [6.45, 7) is 4.07. The maximum atomic E-state index is 12.9. The predicted octanol–water partition coefficient (Wildman–Crippen LogP) is 3.75. The van der Waals surface area contributed by atoms with E-state index in [9.17, 15) is 9.59 Å². The summed E-state index contributed by atoms with van der Waals surface area (Å²) in [6, 6.07) is 14.7. The second-order valence-corrected chi connectivity index (χ2v) is 6.97. The average Bonchev–Trinajstić information content (AvgIpc) is 2.74. The number of rotatable bonds is 4. The third kappa shape index (κ3) is 4.06. The first-order valence-electron chi connectivity index (χ1n) is 8.65. The maximum Gasteiger partial charge on any atom is 0.241 e. The molecule has 1 aliphatic rings. The zero-order valence-corrected chi connectivity index (χ0v) is 15.6. The number of amides is 2. The molecule has 26 heavy (non-hydrogen) atoms. The Kier molecular flexibility index (Phi) is 5.59. The number of fused-ring (bicyclic) bond motifs is 1. The molecular formula is C20H22ClN3O2. The van der Waals surface area contributed by atoms with Gasteiger partial charge >= 0.3 is 0 Å². The van der Waals surface area contributed by atoms with Gasteiger partial charge in [-0.2, -0.15) is 0 Å². The number of carbonyl (C=O) groups excluding carboxylic acids is 2. The molecule has 1 aliphatic heterocycles. The molecule has 0 saturated carbocycles. The summed E-state index contributed by atoms with van der Waals surface area (Å²) in [4.78, 5) is 26.7. The largest absolute Gasteiger partial charge is 0.324 e. The van der Waals surface area contributed by atoms with Crippen LogP contribution in [-0.2, 0) is 9.59 Å². The van der Waals surface area contributed by atoms with E-state index in [1.54, 1.807) is 4.90 Å². The van der Waals surface area contributed by atoms with Crippen LogP contribution in [0.3, 0.4) is 0 Å². The van der Waals surface area contributed by atoms with Gasteiger partial charge in [0.2, 0.25) is 11.8 Å². The van der Waals surface area contributed by atoms with Crippen LogP contribution >= 0.6 is 11.6 Å². The number of nitrogens with one attached hydrogen (secondary N) is 2. The summed E-state index contributed by atoms with van der Waals surface area (Å²) >= 11 is 5.92. The molecule has 5 nitrogen and oxygen atoms in total. The highest BCUT2D eigenvalue weighted by atomic mass is 35.5. The summed E-state index contributed by atoms with van der Waals surface area (Å²) < 4.78 is 0. The lowest BCUT2D eigenvalue weighted by molar-refractivity contribution is -0.118. The Balaban J connectivity index is 1.74. The second kappa shape index (κ2) is 7.89. The van der Waals surface area contributed by atoms with Crippen molar-refractivity contribution in [1.29, 1.82) is 0 Å². The summed E-state index contributed by atoms with van der Waals surface area (Å²) in [7, 11) is 0. The first-order valence-corrected chi connectivity index (χ1v) is 9.03. The fourth-order valence-corrected chi connectivity index (χ4v) is 3.29. The Morgan fingerprint density at radius 2 is 1.96 bits per heavy atom. The van der Waals surface area contributed by atoms with Crippen LogP contribution in [0.15, 0.2) is 48.5 Å². The molecule has 0 fully saturated rings. The van der Waals surface area contributed by atoms with Crippen molar-refractivity contribution in [2.24, 2.45) is 0 Å². The minimum absolute atomic E-state index is 0.00787. The molecule has 136 valence electrons. The number of hydrogen-bond donors (Lipinski definition) is 2. The zero-order valence-electron chi connectivity index (χ0n) is 14.8. The van der Waals surface area contributed by atoms with Gasteiger partial charge in [0.15, 0.2) is 0 Å². The minimum Gasteiger partial charge on any atom is -0.324 e. The van der Waals surface area contributed by atoms with E-state index in [1.807, 2.05) is 62.4 Å². The Hall–Kier alpha value is -2.37. The van der Waals surface area contributed by atoms with Crippen molar-refractivity contribution in [3.05, 3.63) is 59.1 Å². The Morgan fingerprint density at radius 3 is 2.69 bits per heavy atom. The molecule has 2 aromatic rings. The van der Waals surface area contributed by atoms with Crippen molar-refractivity contribution in [3.63, 3.8) is 0 Å². The monoisotopic (exact) mass is 371 g/mol. The third-order valence-corrected chi connectivity index (χ3v) is 4.81. The summed E-state index contributed by atoms with van der Waals surface area (Å²) in [5, 5.41) is 6.81. The van der Waals surface area contributed by atoms with Crippen LogP contribution in [0.4, 0.5) is 11.4 Å². The number of hydrogen-bond acceptors (Lipinski definition) is 3. The smallest absolute Gasteiger partial charge is 0.241 e. The molecule has 0 aromatic heterocycles. The van der Waals surface area contributed by atoms with Crippen LogP contribution in [0, 0.1) is 0 Å². The van der Waals surface area contributed by atoms with Crippen molar-refractivity contribution in [3.8, 4) is 0 Å². The first kappa shape index (κ1) is 18.4. The van der Waals surface area contributed by atoms with Crippen LogP contribution in [0.5, 0.6) is 0 Å². The van der Waals surface area contributed by atoms with Gasteiger partial charge in [-0.3, -0.25) is 9.59 Å². The normalized spacial score (nSPS) is 17.9. The molecule has 0 spiro atoms. The summed E-state index contributed by atoms with van der Waals surface area (Å²) in [5.41, 5.74) is 2.46. The number of halogens is 1. The summed E-state index contributed by atoms with van der Waals surface area (Å²) in [5.74, 6) is -0.148. The van der Waals surface area contributed by atoms with Crippen LogP contribution in [-0.4, -0.2) is 24.4 Å². The van der Waals surface area contributed by atoms with E-state index in [0.29, 0.717) is 10.7 Å². The van der Waals surface area contributed by atoms with Gasteiger partial charge in [0.1, 0.15) is 0 Å². The number of para-hydroxylation sites is 2. The Labute approximate surface area is 158 Å². The van der Waals surface area contributed by atoms with Crippen molar-refractivity contribution in [2.75, 3.05) is 16.8 Å². The van der Waals surface area contributed by atoms with E-state index in [1.165, 1.54) is 0 Å². The lowest BCUT2D eigenvalue weighted by atomic mass is 10.1. The quantitative estimate of drug-likeness (QED) is 0.860. The van der Waals surface area contributed by atoms with Gasteiger partial charge in [-0.05, 0) is 43.7 Å². The van der Waals surface area contributed by atoms with E-state index in [4.69, 9.17) is 11.6 Å². The van der Waals surface area contributed by atoms with Gasteiger partial charge in [-0.25, -0.2) is 0 Å². The highest BCUT2D eigenvalue weighted by Crippen LogP contribution is 2.31. The van der Waals surface area contributed by atoms with Gasteiger partial charge in [0, 0.05) is 23.5 Å². The molecule has 0 bridgehead atoms. The van der Waals surface area contributed by atoms with Crippen LogP contribution < -0.4 is 15.5 Å². The molecule has 0 saturated heterocycles. The van der Waals surface area contributed by atoms with Gasteiger partial charge in [0.05, 0.1) is 17.9 Å². The molecule has 0 radical (unpaired) electrons. The van der Waals surface area contributed by atoms with Gasteiger partial charge in [-0.15, -0.1) is 0 Å². The highest BCUT2D eigenvalue weighted by Gasteiger charge is 2.29. The van der Waals surface area contributed by atoms with Crippen LogP contribution in [0.2, 0.25) is 5.02 Å². The Bertz CT molecular complexity index is 807. The third-order valence-electron chi connectivity index (χ3n) is 4.56. The molecule has 2 atom stereocenters. The lowest BCUT2D eigenvalue weighted by Crippen LogP contribution is -2.44. The number of benzene rings is 2. The molecule has 6 heteroatoms. The minimum atomic E-state index is -0.209. The standard InChI is InChI=1S/C20H22ClN3O2/c1-13-11-19(25)23-17-5-3-4-6-18(17)24(13)20(26)12-22-14(2)15-7-9-16(21)10-8-15/h3-10,13-14,22H,11-12H2,1-2H3,(H,23,25)/t13-,14+/m0/s1. The zero-order chi connectivity index (χ0) is 18.7. The predicted molar refractivity (Wildman–Crippen MR) is 105 cm³/mol. The van der Waals surface area contributed by atoms with E-state index in [-0.39, 0.29) is 36.9 Å². The van der Waals surface area contributed by atoms with Crippen molar-refractivity contribution >= 4 is 34.8 Å². The van der Waals surface area contributed by atoms with E-state index in [0.717, 1.165) is 11.3 Å². The Morgan fingerprint density at radius 1 is 1.27 bits per heavy atom. The van der Waals surface area contributed by atoms with Gasteiger partial charge < -0.3 is 15.5 Å². The van der Waals surface area contributed by atoms with E-state index < -0.39 is 0 Å². The van der Waals surface area contributed by atoms with Crippen LogP contribution in [0.1, 0.15) is 31.9 Å². The molecule has 2 amide bonds. The van der Waals surface area contributed by atoms with Crippen molar-refractivity contribution in [2.45, 2.75) is 32.4 Å². The van der Waals surface area contributed by atoms with E-state index >= 15 is 0 Å². The fraction of sp³-hybridized carbons (Fsp3) is 0.300. The van der Waals surface area contributed by atoms with E-state index in [2.05, 4.69) is 10.6 Å². The average molecular weight is 372 g/mol. The van der Waals surface area contributed by atoms with Crippen LogP contribution in [0.25, 0.3) is 0 Å². The molecule has 2 aromatic carbocycles. The first-order chi connectivity index (χ1) is 12.5. The topological polar surface area (TPSA) is 61.4 Å². The molecule has 3 rings (SSSR count). The fourth-order valence-electron chi connectivity index (χ4n) is 3.16. The summed E-state index contributed by atoms with van der Waals surface area (Å²) in [6.07, 6.45) is 0.271. The lowest BCUT2D eigenvalue weighted by Gasteiger charge is -2.28. The molecule has 0 unspecified atom stereocenters.